The van der Waals surface area contributed by atoms with E-state index in [-0.39, 0.29) is 5.69 Å². The van der Waals surface area contributed by atoms with Crippen LogP contribution in [0.25, 0.3) is 39.3 Å². The summed E-state index contributed by atoms with van der Waals surface area (Å²) in [5.41, 5.74) is 5.39. The lowest BCUT2D eigenvalue weighted by Crippen LogP contribution is -2.20. The summed E-state index contributed by atoms with van der Waals surface area (Å²) >= 11 is 1.69. The highest BCUT2D eigenvalue weighted by Gasteiger charge is 2.23. The van der Waals surface area contributed by atoms with Gasteiger partial charge < -0.3 is 10.3 Å². The van der Waals surface area contributed by atoms with Gasteiger partial charge in [0, 0.05) is 45.5 Å². The molecule has 7 nitrogen and oxygen atoms in total. The Morgan fingerprint density at radius 2 is 2.02 bits per heavy atom. The van der Waals surface area contributed by atoms with Gasteiger partial charge in [0.05, 0.1) is 22.8 Å². The van der Waals surface area contributed by atoms with Crippen molar-refractivity contribution in [2.45, 2.75) is 46.1 Å². The Hall–Kier alpha value is -3.95. The number of imidazole rings is 1. The van der Waals surface area contributed by atoms with E-state index in [1.54, 1.807) is 29.8 Å². The van der Waals surface area contributed by atoms with Crippen LogP contribution in [0.3, 0.4) is 0 Å². The number of fused-ring (bicyclic) bond motifs is 1. The van der Waals surface area contributed by atoms with E-state index < -0.39 is 5.82 Å². The molecule has 1 aliphatic rings. The third-order valence-electron chi connectivity index (χ3n) is 7.50. The van der Waals surface area contributed by atoms with Gasteiger partial charge in [-0.2, -0.15) is 5.10 Å². The number of allylic oxidation sites excluding steroid dienone is 2. The van der Waals surface area contributed by atoms with E-state index in [4.69, 9.17) is 4.98 Å². The summed E-state index contributed by atoms with van der Waals surface area (Å²) in [6.45, 7) is 9.61. The third kappa shape index (κ3) is 5.14. The number of nitrogens with zero attached hydrogens (tertiary/aromatic N) is 4. The summed E-state index contributed by atoms with van der Waals surface area (Å²) in [7, 11) is 0. The maximum Gasteiger partial charge on any atom is 0.161 e. The van der Waals surface area contributed by atoms with Crippen molar-refractivity contribution in [2.24, 2.45) is 5.92 Å². The van der Waals surface area contributed by atoms with Crippen LogP contribution < -0.4 is 5.32 Å². The lowest BCUT2D eigenvalue weighted by atomic mass is 10.1. The Balaban J connectivity index is 1.33. The molecule has 1 aliphatic carbocycles. The lowest BCUT2D eigenvalue weighted by Gasteiger charge is -2.11. The maximum atomic E-state index is 16.1. The van der Waals surface area contributed by atoms with Crippen molar-refractivity contribution in [2.75, 3.05) is 6.54 Å². The van der Waals surface area contributed by atoms with Crippen LogP contribution in [0, 0.1) is 25.6 Å². The number of aromatic nitrogens is 6. The minimum Gasteiger partial charge on any atom is -0.340 e. The summed E-state index contributed by atoms with van der Waals surface area (Å²) in [6, 6.07) is 6.12. The standard InChI is InChI=1S/C31H32FN7S/c1-4-7-23(25-11-10-18(2)40-25)28-19(3)36-31(37-28)30-26-24(38-39-30)17-35-29(27(26)32)22-12-21(15-34-16-22)14-33-13-20-8-5-6-9-20/h4,7,10-12,15-17,20,33H,1,5-6,8-9,13-14H2,2-3H3,(H,36,37)(H,38,39)/b23-7-. The number of H-pyrrole nitrogens is 2. The topological polar surface area (TPSA) is 95.2 Å². The van der Waals surface area contributed by atoms with E-state index in [1.165, 1.54) is 30.6 Å². The lowest BCUT2D eigenvalue weighted by molar-refractivity contribution is 0.489. The number of pyridine rings is 2. The van der Waals surface area contributed by atoms with Crippen LogP contribution in [-0.2, 0) is 6.54 Å². The fourth-order valence-electron chi connectivity index (χ4n) is 5.51. The minimum absolute atomic E-state index is 0.241. The summed E-state index contributed by atoms with van der Waals surface area (Å²) in [6.07, 6.45) is 14.0. The Kier molecular flexibility index (Phi) is 7.40. The van der Waals surface area contributed by atoms with Crippen LogP contribution >= 0.6 is 11.3 Å². The van der Waals surface area contributed by atoms with Crippen LogP contribution in [0.2, 0.25) is 0 Å². The number of hydrogen-bond donors (Lipinski definition) is 3. The number of rotatable bonds is 9. The normalized spacial score (nSPS) is 14.4. The van der Waals surface area contributed by atoms with Crippen LogP contribution in [-0.4, -0.2) is 36.7 Å². The maximum absolute atomic E-state index is 16.1. The van der Waals surface area contributed by atoms with Gasteiger partial charge in [-0.15, -0.1) is 11.3 Å². The molecular formula is C31H32FN7S. The molecule has 1 saturated carbocycles. The van der Waals surface area contributed by atoms with Gasteiger partial charge in [0.1, 0.15) is 11.4 Å². The second-order valence-corrected chi connectivity index (χ2v) is 11.7. The number of aromatic amines is 2. The molecule has 40 heavy (non-hydrogen) atoms. The van der Waals surface area contributed by atoms with Crippen molar-refractivity contribution in [3.05, 3.63) is 88.0 Å². The zero-order chi connectivity index (χ0) is 27.6. The fourth-order valence-corrected chi connectivity index (χ4v) is 6.40. The quantitative estimate of drug-likeness (QED) is 0.169. The van der Waals surface area contributed by atoms with E-state index >= 15 is 4.39 Å². The van der Waals surface area contributed by atoms with Crippen molar-refractivity contribution < 1.29 is 4.39 Å². The Morgan fingerprint density at radius 3 is 2.80 bits per heavy atom. The Bertz CT molecular complexity index is 1700. The van der Waals surface area contributed by atoms with E-state index in [9.17, 15) is 0 Å². The van der Waals surface area contributed by atoms with Crippen molar-refractivity contribution in [1.82, 2.24) is 35.5 Å². The highest BCUT2D eigenvalue weighted by Crippen LogP contribution is 2.35. The average molecular weight is 554 g/mol. The molecule has 3 N–H and O–H groups in total. The molecule has 5 aromatic rings. The molecular weight excluding hydrogens is 521 g/mol. The van der Waals surface area contributed by atoms with Crippen LogP contribution in [0.5, 0.6) is 0 Å². The van der Waals surface area contributed by atoms with Gasteiger partial charge in [-0.1, -0.05) is 31.6 Å². The molecule has 1 fully saturated rings. The largest absolute Gasteiger partial charge is 0.340 e. The van der Waals surface area contributed by atoms with Crippen molar-refractivity contribution in [3.8, 4) is 22.8 Å². The first kappa shape index (κ1) is 26.3. The second-order valence-electron chi connectivity index (χ2n) is 10.4. The van der Waals surface area contributed by atoms with Gasteiger partial charge in [0.2, 0.25) is 0 Å². The number of hydrogen-bond acceptors (Lipinski definition) is 6. The molecule has 5 heterocycles. The van der Waals surface area contributed by atoms with Crippen LogP contribution in [0.1, 0.15) is 52.4 Å². The van der Waals surface area contributed by atoms with Crippen LogP contribution in [0.15, 0.2) is 55.5 Å². The van der Waals surface area contributed by atoms with E-state index in [2.05, 4.69) is 56.1 Å². The molecule has 0 aromatic carbocycles. The number of nitrogens with one attached hydrogen (secondary N) is 3. The van der Waals surface area contributed by atoms with E-state index in [1.807, 2.05) is 25.3 Å². The molecule has 6 rings (SSSR count). The fraction of sp³-hybridized carbons (Fsp3) is 0.290. The molecule has 204 valence electrons. The SMILES string of the molecule is C=C/C=C(/c1ccc(C)s1)c1nc(-c2n[nH]c3cnc(-c4cncc(CNCC5CCCC5)c4)c(F)c23)[nH]c1C. The van der Waals surface area contributed by atoms with E-state index in [0.717, 1.165) is 39.9 Å². The zero-order valence-electron chi connectivity index (χ0n) is 22.7. The predicted molar refractivity (Wildman–Crippen MR) is 159 cm³/mol. The van der Waals surface area contributed by atoms with Crippen molar-refractivity contribution in [1.29, 1.82) is 0 Å². The molecule has 0 amide bonds. The minimum atomic E-state index is -0.453. The van der Waals surface area contributed by atoms with Gasteiger partial charge in [0.25, 0.3) is 0 Å². The molecule has 0 atom stereocenters. The first-order valence-corrected chi connectivity index (χ1v) is 14.5. The Morgan fingerprint density at radius 1 is 1.18 bits per heavy atom. The van der Waals surface area contributed by atoms with Crippen molar-refractivity contribution >= 4 is 27.8 Å². The monoisotopic (exact) mass is 553 g/mol. The predicted octanol–water partition coefficient (Wildman–Crippen LogP) is 7.12. The average Bonchev–Trinajstić information content (AvgIpc) is 3.76. The highest BCUT2D eigenvalue weighted by molar-refractivity contribution is 7.13. The first-order valence-electron chi connectivity index (χ1n) is 13.7. The summed E-state index contributed by atoms with van der Waals surface area (Å²) in [5, 5.41) is 11.2. The molecule has 0 aliphatic heterocycles. The van der Waals surface area contributed by atoms with Gasteiger partial charge in [-0.3, -0.25) is 15.1 Å². The number of aryl methyl sites for hydroxylation is 2. The molecule has 0 spiro atoms. The summed E-state index contributed by atoms with van der Waals surface area (Å²) in [4.78, 5) is 19.3. The molecule has 0 radical (unpaired) electrons. The van der Waals surface area contributed by atoms with Gasteiger partial charge in [-0.25, -0.2) is 9.37 Å². The van der Waals surface area contributed by atoms with Gasteiger partial charge >= 0.3 is 0 Å². The summed E-state index contributed by atoms with van der Waals surface area (Å²) < 4.78 is 16.1. The Labute approximate surface area is 236 Å². The smallest absolute Gasteiger partial charge is 0.161 e. The first-order chi connectivity index (χ1) is 19.5. The third-order valence-corrected chi connectivity index (χ3v) is 8.54. The molecule has 0 bridgehead atoms. The zero-order valence-corrected chi connectivity index (χ0v) is 23.5. The second kappa shape index (κ2) is 11.3. The van der Waals surface area contributed by atoms with Crippen molar-refractivity contribution in [3.63, 3.8) is 0 Å². The summed E-state index contributed by atoms with van der Waals surface area (Å²) in [5.74, 6) is 0.784. The molecule has 0 saturated heterocycles. The molecule has 0 unspecified atom stereocenters. The molecule has 5 aromatic heterocycles. The molecule has 9 heteroatoms. The van der Waals surface area contributed by atoms with Gasteiger partial charge in [-0.05, 0) is 62.9 Å². The van der Waals surface area contributed by atoms with Crippen LogP contribution in [0.4, 0.5) is 4.39 Å². The number of thiophene rings is 1. The van der Waals surface area contributed by atoms with Gasteiger partial charge in [0.15, 0.2) is 11.6 Å². The van der Waals surface area contributed by atoms with E-state index in [0.29, 0.717) is 34.5 Å². The highest BCUT2D eigenvalue weighted by atomic mass is 32.1. The number of halogens is 1.